The third kappa shape index (κ3) is 15.6. The molecule has 0 saturated heterocycles. The normalized spacial score (nSPS) is 12.2. The third-order valence-electron chi connectivity index (χ3n) is 4.32. The molecule has 0 aromatic carbocycles. The number of hydrogen-bond acceptors (Lipinski definition) is 0. The lowest BCUT2D eigenvalue weighted by atomic mass is 9.96. The van der Waals surface area contributed by atoms with E-state index in [2.05, 4.69) is 19.8 Å². The SMILES string of the molecule is C#CCCCCCCCCCC[C@H](C)CCCCCC. The van der Waals surface area contributed by atoms with Crippen LogP contribution < -0.4 is 0 Å². The predicted octanol–water partition coefficient (Wildman–Crippen LogP) is 7.13. The number of terminal acetylenes is 1. The van der Waals surface area contributed by atoms with E-state index in [1.807, 2.05) is 0 Å². The zero-order valence-electron chi connectivity index (χ0n) is 14.3. The van der Waals surface area contributed by atoms with Gasteiger partial charge in [-0.2, -0.15) is 0 Å². The van der Waals surface area contributed by atoms with Gasteiger partial charge in [0.1, 0.15) is 0 Å². The molecule has 0 amide bonds. The molecule has 0 aliphatic heterocycles. The lowest BCUT2D eigenvalue weighted by Crippen LogP contribution is -1.95. The summed E-state index contributed by atoms with van der Waals surface area (Å²) in [6.07, 6.45) is 25.9. The maximum Gasteiger partial charge on any atom is 0.00860 e. The molecule has 0 radical (unpaired) electrons. The second-order valence-electron chi connectivity index (χ2n) is 6.53. The van der Waals surface area contributed by atoms with Gasteiger partial charge < -0.3 is 0 Å². The van der Waals surface area contributed by atoms with E-state index in [9.17, 15) is 0 Å². The Hall–Kier alpha value is -0.440. The van der Waals surface area contributed by atoms with Crippen molar-refractivity contribution in [2.24, 2.45) is 5.92 Å². The van der Waals surface area contributed by atoms with Gasteiger partial charge in [-0.3, -0.25) is 0 Å². The summed E-state index contributed by atoms with van der Waals surface area (Å²) in [5.74, 6) is 3.67. The van der Waals surface area contributed by atoms with Gasteiger partial charge in [-0.1, -0.05) is 97.3 Å². The van der Waals surface area contributed by atoms with Crippen molar-refractivity contribution in [1.82, 2.24) is 0 Å². The summed E-state index contributed by atoms with van der Waals surface area (Å²) in [4.78, 5) is 0. The molecule has 0 bridgehead atoms. The van der Waals surface area contributed by atoms with Crippen molar-refractivity contribution < 1.29 is 0 Å². The molecular formula is C20H38. The van der Waals surface area contributed by atoms with Crippen molar-refractivity contribution >= 4 is 0 Å². The molecule has 0 aliphatic carbocycles. The standard InChI is InChI=1S/C20H38/c1-4-6-8-10-11-12-13-14-15-17-19-20(3)18-16-9-7-5-2/h1,20H,5-19H2,2-3H3/t20-/m1/s1. The monoisotopic (exact) mass is 278 g/mol. The fourth-order valence-corrected chi connectivity index (χ4v) is 2.84. The van der Waals surface area contributed by atoms with Crippen LogP contribution in [-0.4, -0.2) is 0 Å². The van der Waals surface area contributed by atoms with E-state index in [4.69, 9.17) is 6.42 Å². The number of hydrogen-bond donors (Lipinski definition) is 0. The van der Waals surface area contributed by atoms with E-state index in [0.29, 0.717) is 0 Å². The van der Waals surface area contributed by atoms with Crippen LogP contribution in [-0.2, 0) is 0 Å². The van der Waals surface area contributed by atoms with Gasteiger partial charge in [0, 0.05) is 6.42 Å². The molecule has 0 nitrogen and oxygen atoms in total. The minimum Gasteiger partial charge on any atom is -0.120 e. The van der Waals surface area contributed by atoms with Crippen LogP contribution in [0.15, 0.2) is 0 Å². The van der Waals surface area contributed by atoms with Crippen LogP contribution in [0.3, 0.4) is 0 Å². The van der Waals surface area contributed by atoms with E-state index < -0.39 is 0 Å². The molecule has 1 atom stereocenters. The van der Waals surface area contributed by atoms with E-state index in [1.165, 1.54) is 89.9 Å². The third-order valence-corrected chi connectivity index (χ3v) is 4.32. The molecule has 0 N–H and O–H groups in total. The maximum absolute atomic E-state index is 5.24. The predicted molar refractivity (Wildman–Crippen MR) is 92.9 cm³/mol. The second-order valence-corrected chi connectivity index (χ2v) is 6.53. The Morgan fingerprint density at radius 2 is 1.15 bits per heavy atom. The summed E-state index contributed by atoms with van der Waals surface area (Å²) < 4.78 is 0. The summed E-state index contributed by atoms with van der Waals surface area (Å²) in [5.41, 5.74) is 0. The molecule has 0 heterocycles. The molecule has 0 heteroatoms. The Labute approximate surface area is 129 Å². The average Bonchev–Trinajstić information content (AvgIpc) is 2.45. The van der Waals surface area contributed by atoms with E-state index >= 15 is 0 Å². The van der Waals surface area contributed by atoms with Crippen LogP contribution in [0.2, 0.25) is 0 Å². The molecule has 0 saturated carbocycles. The van der Waals surface area contributed by atoms with Gasteiger partial charge in [0.15, 0.2) is 0 Å². The fourth-order valence-electron chi connectivity index (χ4n) is 2.84. The maximum atomic E-state index is 5.24. The zero-order chi connectivity index (χ0) is 14.9. The molecule has 0 aromatic rings. The first-order valence-electron chi connectivity index (χ1n) is 9.24. The molecule has 0 aliphatic rings. The lowest BCUT2D eigenvalue weighted by molar-refractivity contribution is 0.433. The molecular weight excluding hydrogens is 240 g/mol. The highest BCUT2D eigenvalue weighted by atomic mass is 14.1. The van der Waals surface area contributed by atoms with Crippen LogP contribution in [0, 0.1) is 18.3 Å². The van der Waals surface area contributed by atoms with Crippen LogP contribution in [0.1, 0.15) is 110 Å². The first kappa shape index (κ1) is 19.6. The molecule has 0 fully saturated rings. The van der Waals surface area contributed by atoms with E-state index in [-0.39, 0.29) is 0 Å². The molecule has 0 aromatic heterocycles. The van der Waals surface area contributed by atoms with Crippen molar-refractivity contribution in [3.8, 4) is 12.3 Å². The first-order chi connectivity index (χ1) is 9.81. The minimum atomic E-state index is 0.954. The Balaban J connectivity index is 3.09. The van der Waals surface area contributed by atoms with Crippen molar-refractivity contribution in [1.29, 1.82) is 0 Å². The average molecular weight is 279 g/mol. The van der Waals surface area contributed by atoms with Crippen LogP contribution in [0.4, 0.5) is 0 Å². The van der Waals surface area contributed by atoms with Crippen LogP contribution in [0.5, 0.6) is 0 Å². The molecule has 20 heavy (non-hydrogen) atoms. The quantitative estimate of drug-likeness (QED) is 0.221. The van der Waals surface area contributed by atoms with Crippen molar-refractivity contribution in [2.75, 3.05) is 0 Å². The topological polar surface area (TPSA) is 0 Å². The van der Waals surface area contributed by atoms with Gasteiger partial charge in [0.05, 0.1) is 0 Å². The van der Waals surface area contributed by atoms with Crippen LogP contribution in [0.25, 0.3) is 0 Å². The first-order valence-corrected chi connectivity index (χ1v) is 9.24. The Morgan fingerprint density at radius 1 is 0.700 bits per heavy atom. The number of rotatable bonds is 15. The summed E-state index contributed by atoms with van der Waals surface area (Å²) in [6.45, 7) is 4.73. The van der Waals surface area contributed by atoms with E-state index in [1.54, 1.807) is 0 Å². The molecule has 118 valence electrons. The Bertz CT molecular complexity index is 211. The molecule has 0 spiro atoms. The summed E-state index contributed by atoms with van der Waals surface area (Å²) in [5, 5.41) is 0. The van der Waals surface area contributed by atoms with Gasteiger partial charge >= 0.3 is 0 Å². The highest BCUT2D eigenvalue weighted by molar-refractivity contribution is 4.82. The van der Waals surface area contributed by atoms with Gasteiger partial charge in [0.25, 0.3) is 0 Å². The van der Waals surface area contributed by atoms with Gasteiger partial charge in [0.2, 0.25) is 0 Å². The highest BCUT2D eigenvalue weighted by Gasteiger charge is 2.01. The van der Waals surface area contributed by atoms with Crippen molar-refractivity contribution in [2.45, 2.75) is 110 Å². The highest BCUT2D eigenvalue weighted by Crippen LogP contribution is 2.18. The fraction of sp³-hybridized carbons (Fsp3) is 0.900. The summed E-state index contributed by atoms with van der Waals surface area (Å²) in [7, 11) is 0. The lowest BCUT2D eigenvalue weighted by Gasteiger charge is -2.10. The van der Waals surface area contributed by atoms with Gasteiger partial charge in [-0.25, -0.2) is 0 Å². The van der Waals surface area contributed by atoms with E-state index in [0.717, 1.165) is 12.3 Å². The Morgan fingerprint density at radius 3 is 1.65 bits per heavy atom. The van der Waals surface area contributed by atoms with Crippen molar-refractivity contribution in [3.05, 3.63) is 0 Å². The minimum absolute atomic E-state index is 0.954. The second kappa shape index (κ2) is 16.6. The van der Waals surface area contributed by atoms with Crippen LogP contribution >= 0.6 is 0 Å². The number of unbranched alkanes of at least 4 members (excludes halogenated alkanes) is 11. The molecule has 0 rings (SSSR count). The smallest absolute Gasteiger partial charge is 0.00860 e. The van der Waals surface area contributed by atoms with Gasteiger partial charge in [-0.05, 0) is 12.3 Å². The van der Waals surface area contributed by atoms with Crippen molar-refractivity contribution in [3.63, 3.8) is 0 Å². The zero-order valence-corrected chi connectivity index (χ0v) is 14.3. The Kier molecular flexibility index (Phi) is 16.2. The largest absolute Gasteiger partial charge is 0.120 e. The molecule has 0 unspecified atom stereocenters. The summed E-state index contributed by atoms with van der Waals surface area (Å²) >= 11 is 0. The van der Waals surface area contributed by atoms with Gasteiger partial charge in [-0.15, -0.1) is 12.3 Å². The summed E-state index contributed by atoms with van der Waals surface area (Å²) in [6, 6.07) is 0.